The van der Waals surface area contributed by atoms with Crippen molar-refractivity contribution in [3.8, 4) is 22.6 Å². The van der Waals surface area contributed by atoms with Crippen molar-refractivity contribution < 1.29 is 9.53 Å². The first kappa shape index (κ1) is 22.4. The minimum absolute atomic E-state index is 0.330. The Balaban J connectivity index is 1.43. The Morgan fingerprint density at radius 3 is 2.26 bits per heavy atom. The topological polar surface area (TPSA) is 105 Å². The smallest absolute Gasteiger partial charge is 0.323 e. The molecule has 3 aromatic heterocycles. The Labute approximate surface area is 203 Å². The van der Waals surface area contributed by atoms with Gasteiger partial charge in [-0.15, -0.1) is 0 Å². The molecule has 0 spiro atoms. The van der Waals surface area contributed by atoms with Crippen molar-refractivity contribution in [1.82, 2.24) is 19.9 Å². The van der Waals surface area contributed by atoms with Gasteiger partial charge in [0.05, 0.1) is 18.9 Å². The molecule has 0 radical (unpaired) electrons. The average Bonchev–Trinajstić information content (AvgIpc) is 2.91. The van der Waals surface area contributed by atoms with Crippen LogP contribution in [-0.4, -0.2) is 52.3 Å². The van der Waals surface area contributed by atoms with Crippen LogP contribution in [0.25, 0.3) is 22.6 Å². The van der Waals surface area contributed by atoms with Crippen LogP contribution < -0.4 is 15.5 Å². The van der Waals surface area contributed by atoms with E-state index in [2.05, 4.69) is 25.5 Å². The summed E-state index contributed by atoms with van der Waals surface area (Å²) in [5.74, 6) is 1.51. The van der Waals surface area contributed by atoms with Crippen LogP contribution in [0.3, 0.4) is 0 Å². The lowest BCUT2D eigenvalue weighted by Gasteiger charge is -2.30. The van der Waals surface area contributed by atoms with Crippen molar-refractivity contribution in [2.75, 3.05) is 41.8 Å². The van der Waals surface area contributed by atoms with E-state index >= 15 is 0 Å². The Bertz CT molecular complexity index is 1290. The molecule has 1 fully saturated rings. The van der Waals surface area contributed by atoms with Crippen molar-refractivity contribution in [3.05, 3.63) is 78.9 Å². The molecule has 0 atom stereocenters. The second kappa shape index (κ2) is 10.3. The molecule has 1 aliphatic heterocycles. The number of hydrogen-bond acceptors (Lipinski definition) is 7. The number of ether oxygens (including phenoxy) is 1. The van der Waals surface area contributed by atoms with Gasteiger partial charge in [0.2, 0.25) is 0 Å². The average molecular weight is 468 g/mol. The summed E-state index contributed by atoms with van der Waals surface area (Å²) in [6.45, 7) is 4.94. The molecule has 5 rings (SSSR count). The fourth-order valence-corrected chi connectivity index (χ4v) is 3.93. The van der Waals surface area contributed by atoms with Crippen LogP contribution in [0.15, 0.2) is 73.3 Å². The SMILES string of the molecule is Cc1c(-c2cccnc2)nc(-c2ccc(NC(=O)Nc3ccncc3)cc2)nc1N1CCOCC1. The highest BCUT2D eigenvalue weighted by molar-refractivity contribution is 5.99. The zero-order valence-electron chi connectivity index (χ0n) is 19.3. The summed E-state index contributed by atoms with van der Waals surface area (Å²) in [4.78, 5) is 32.6. The van der Waals surface area contributed by atoms with Gasteiger partial charge >= 0.3 is 6.03 Å². The lowest BCUT2D eigenvalue weighted by Crippen LogP contribution is -2.37. The summed E-state index contributed by atoms with van der Waals surface area (Å²) in [5, 5.41) is 5.61. The zero-order valence-corrected chi connectivity index (χ0v) is 19.3. The van der Waals surface area contributed by atoms with E-state index in [0.717, 1.165) is 41.3 Å². The van der Waals surface area contributed by atoms with Gasteiger partial charge in [0.25, 0.3) is 0 Å². The molecule has 2 N–H and O–H groups in total. The number of amides is 2. The molecule has 0 aliphatic carbocycles. The molecule has 1 saturated heterocycles. The van der Waals surface area contributed by atoms with Gasteiger partial charge in [-0.25, -0.2) is 14.8 Å². The highest BCUT2D eigenvalue weighted by Crippen LogP contribution is 2.31. The maximum Gasteiger partial charge on any atom is 0.323 e. The number of aromatic nitrogens is 4. The molecular formula is C26H25N7O2. The number of carbonyl (C=O) groups is 1. The van der Waals surface area contributed by atoms with Crippen LogP contribution in [0, 0.1) is 6.92 Å². The summed E-state index contributed by atoms with van der Waals surface area (Å²) in [5.41, 5.74) is 4.98. The second-order valence-corrected chi connectivity index (χ2v) is 8.08. The first-order valence-electron chi connectivity index (χ1n) is 11.4. The lowest BCUT2D eigenvalue weighted by atomic mass is 10.1. The van der Waals surface area contributed by atoms with Gasteiger partial charge in [0.15, 0.2) is 5.82 Å². The van der Waals surface area contributed by atoms with Gasteiger partial charge in [-0.05, 0) is 55.5 Å². The molecular weight excluding hydrogens is 442 g/mol. The van der Waals surface area contributed by atoms with E-state index in [-0.39, 0.29) is 6.03 Å². The number of pyridine rings is 2. The van der Waals surface area contributed by atoms with E-state index in [1.807, 2.05) is 49.5 Å². The number of carbonyl (C=O) groups excluding carboxylic acids is 1. The van der Waals surface area contributed by atoms with Crippen molar-refractivity contribution in [2.45, 2.75) is 6.92 Å². The van der Waals surface area contributed by atoms with E-state index in [1.165, 1.54) is 0 Å². The molecule has 35 heavy (non-hydrogen) atoms. The van der Waals surface area contributed by atoms with Crippen LogP contribution in [0.2, 0.25) is 0 Å². The third kappa shape index (κ3) is 5.25. The van der Waals surface area contributed by atoms with Crippen molar-refractivity contribution in [2.24, 2.45) is 0 Å². The highest BCUT2D eigenvalue weighted by atomic mass is 16.5. The van der Waals surface area contributed by atoms with Gasteiger partial charge in [-0.3, -0.25) is 9.97 Å². The fraction of sp³-hybridized carbons (Fsp3) is 0.192. The third-order valence-electron chi connectivity index (χ3n) is 5.70. The predicted molar refractivity (Wildman–Crippen MR) is 135 cm³/mol. The molecule has 2 amide bonds. The van der Waals surface area contributed by atoms with Gasteiger partial charge < -0.3 is 20.3 Å². The summed E-state index contributed by atoms with van der Waals surface area (Å²) in [6.07, 6.45) is 6.81. The second-order valence-electron chi connectivity index (χ2n) is 8.08. The maximum absolute atomic E-state index is 12.3. The molecule has 1 aliphatic rings. The van der Waals surface area contributed by atoms with E-state index in [0.29, 0.717) is 30.4 Å². The number of anilines is 3. The number of urea groups is 1. The minimum atomic E-state index is -0.330. The quantitative estimate of drug-likeness (QED) is 0.448. The van der Waals surface area contributed by atoms with Crippen molar-refractivity contribution in [1.29, 1.82) is 0 Å². The molecule has 9 nitrogen and oxygen atoms in total. The predicted octanol–water partition coefficient (Wildman–Crippen LogP) is 4.39. The van der Waals surface area contributed by atoms with Crippen LogP contribution in [0.1, 0.15) is 5.56 Å². The number of nitrogens with zero attached hydrogens (tertiary/aromatic N) is 5. The standard InChI is InChI=1S/C26H25N7O2/c1-18-23(20-3-2-10-28-17-20)31-24(32-25(18)33-13-15-35-16-14-33)19-4-6-21(7-5-19)29-26(34)30-22-8-11-27-12-9-22/h2-12,17H,13-16H2,1H3,(H2,27,29,30,34). The first-order valence-corrected chi connectivity index (χ1v) is 11.4. The summed E-state index contributed by atoms with van der Waals surface area (Å²) in [7, 11) is 0. The van der Waals surface area contributed by atoms with Gasteiger partial charge in [-0.1, -0.05) is 0 Å². The lowest BCUT2D eigenvalue weighted by molar-refractivity contribution is 0.122. The van der Waals surface area contributed by atoms with E-state index in [4.69, 9.17) is 14.7 Å². The molecule has 0 unspecified atom stereocenters. The number of hydrogen-bond donors (Lipinski definition) is 2. The van der Waals surface area contributed by atoms with Crippen LogP contribution in [-0.2, 0) is 4.74 Å². The molecule has 4 heterocycles. The largest absolute Gasteiger partial charge is 0.378 e. The molecule has 1 aromatic carbocycles. The van der Waals surface area contributed by atoms with Crippen LogP contribution >= 0.6 is 0 Å². The molecule has 0 saturated carbocycles. The Hall–Kier alpha value is -4.37. The van der Waals surface area contributed by atoms with Crippen LogP contribution in [0.5, 0.6) is 0 Å². The number of nitrogens with one attached hydrogen (secondary N) is 2. The number of benzene rings is 1. The Morgan fingerprint density at radius 1 is 0.857 bits per heavy atom. The maximum atomic E-state index is 12.3. The van der Waals surface area contributed by atoms with Crippen molar-refractivity contribution in [3.63, 3.8) is 0 Å². The molecule has 9 heteroatoms. The third-order valence-corrected chi connectivity index (χ3v) is 5.70. The molecule has 0 bridgehead atoms. The summed E-state index contributed by atoms with van der Waals surface area (Å²) >= 11 is 0. The van der Waals surface area contributed by atoms with Gasteiger partial charge in [0, 0.05) is 65.9 Å². The minimum Gasteiger partial charge on any atom is -0.378 e. The Kier molecular flexibility index (Phi) is 6.58. The van der Waals surface area contributed by atoms with Gasteiger partial charge in [0.1, 0.15) is 5.82 Å². The van der Waals surface area contributed by atoms with E-state index in [9.17, 15) is 4.79 Å². The van der Waals surface area contributed by atoms with E-state index < -0.39 is 0 Å². The van der Waals surface area contributed by atoms with Crippen molar-refractivity contribution >= 4 is 23.2 Å². The Morgan fingerprint density at radius 2 is 1.57 bits per heavy atom. The number of morpholine rings is 1. The highest BCUT2D eigenvalue weighted by Gasteiger charge is 2.20. The first-order chi connectivity index (χ1) is 17.2. The zero-order chi connectivity index (χ0) is 24.0. The van der Waals surface area contributed by atoms with E-state index in [1.54, 1.807) is 30.7 Å². The number of rotatable bonds is 5. The monoisotopic (exact) mass is 467 g/mol. The summed E-state index contributed by atoms with van der Waals surface area (Å²) < 4.78 is 5.54. The normalized spacial score (nSPS) is 13.3. The van der Waals surface area contributed by atoms with Gasteiger partial charge in [-0.2, -0.15) is 0 Å². The summed E-state index contributed by atoms with van der Waals surface area (Å²) in [6, 6.07) is 14.5. The van der Waals surface area contributed by atoms with Crippen LogP contribution in [0.4, 0.5) is 22.0 Å². The fourth-order valence-electron chi connectivity index (χ4n) is 3.93. The molecule has 4 aromatic rings. The molecule has 176 valence electrons.